The monoisotopic (exact) mass is 309 g/mol. The molecular weight excluding hydrogens is 293 g/mol. The Morgan fingerprint density at radius 3 is 2.62 bits per heavy atom. The van der Waals surface area contributed by atoms with Crippen LogP contribution in [0.25, 0.3) is 0 Å². The first-order valence-electron chi connectivity index (χ1n) is 6.59. The second-order valence-electron chi connectivity index (χ2n) is 5.08. The Labute approximate surface area is 127 Å². The van der Waals surface area contributed by atoms with Crippen LogP contribution >= 0.6 is 11.6 Å². The molecule has 112 valence electrons. The molecule has 21 heavy (non-hydrogen) atoms. The molecule has 1 amide bonds. The van der Waals surface area contributed by atoms with Gasteiger partial charge < -0.3 is 5.32 Å². The molecule has 1 N–H and O–H groups in total. The zero-order valence-corrected chi connectivity index (χ0v) is 13.1. The summed E-state index contributed by atoms with van der Waals surface area (Å²) in [6, 6.07) is 3.98. The van der Waals surface area contributed by atoms with Crippen molar-refractivity contribution < 1.29 is 9.18 Å². The molecule has 2 aromatic rings. The number of rotatable bonds is 3. The van der Waals surface area contributed by atoms with Crippen LogP contribution in [0.4, 0.5) is 10.1 Å². The van der Waals surface area contributed by atoms with E-state index in [1.165, 1.54) is 6.07 Å². The van der Waals surface area contributed by atoms with Crippen molar-refractivity contribution in [3.8, 4) is 0 Å². The topological polar surface area (TPSA) is 46.9 Å². The van der Waals surface area contributed by atoms with E-state index in [1.807, 2.05) is 6.92 Å². The number of halogens is 2. The maximum atomic E-state index is 13.7. The van der Waals surface area contributed by atoms with Crippen molar-refractivity contribution in [3.63, 3.8) is 0 Å². The summed E-state index contributed by atoms with van der Waals surface area (Å²) in [7, 11) is 0. The summed E-state index contributed by atoms with van der Waals surface area (Å²) in [6.07, 6.45) is 0. The third kappa shape index (κ3) is 3.08. The highest BCUT2D eigenvalue weighted by atomic mass is 35.5. The molecule has 6 heteroatoms. The predicted molar refractivity (Wildman–Crippen MR) is 81.2 cm³/mol. The lowest BCUT2D eigenvalue weighted by atomic mass is 10.2. The molecule has 1 aromatic carbocycles. The second-order valence-corrected chi connectivity index (χ2v) is 5.46. The van der Waals surface area contributed by atoms with Gasteiger partial charge in [0.2, 0.25) is 5.91 Å². The molecule has 0 radical (unpaired) electrons. The lowest BCUT2D eigenvalue weighted by molar-refractivity contribution is -0.119. The average Bonchev–Trinajstić information content (AvgIpc) is 2.69. The average molecular weight is 310 g/mol. The molecular formula is C15H17ClFN3O. The van der Waals surface area contributed by atoms with Gasteiger partial charge in [-0.2, -0.15) is 5.10 Å². The number of carbonyl (C=O) groups excluding carboxylic acids is 1. The Morgan fingerprint density at radius 2 is 2.05 bits per heavy atom. The molecule has 4 nitrogen and oxygen atoms in total. The van der Waals surface area contributed by atoms with Gasteiger partial charge in [-0.25, -0.2) is 4.39 Å². The summed E-state index contributed by atoms with van der Waals surface area (Å²) < 4.78 is 15.2. The van der Waals surface area contributed by atoms with E-state index in [2.05, 4.69) is 10.4 Å². The summed E-state index contributed by atoms with van der Waals surface area (Å²) in [4.78, 5) is 12.3. The molecule has 0 bridgehead atoms. The molecule has 2 rings (SSSR count). The molecule has 1 atom stereocenters. The Kier molecular flexibility index (Phi) is 4.32. The van der Waals surface area contributed by atoms with Crippen LogP contribution in [0, 0.1) is 26.6 Å². The Hall–Kier alpha value is -1.88. The second kappa shape index (κ2) is 5.85. The number of hydrogen-bond donors (Lipinski definition) is 1. The van der Waals surface area contributed by atoms with Crippen LogP contribution in [-0.2, 0) is 4.79 Å². The highest BCUT2D eigenvalue weighted by Gasteiger charge is 2.21. The van der Waals surface area contributed by atoms with E-state index in [9.17, 15) is 9.18 Å². The van der Waals surface area contributed by atoms with Crippen molar-refractivity contribution in [2.24, 2.45) is 0 Å². The van der Waals surface area contributed by atoms with Gasteiger partial charge in [0.25, 0.3) is 0 Å². The fourth-order valence-electron chi connectivity index (χ4n) is 2.10. The Balaban J connectivity index is 2.23. The summed E-state index contributed by atoms with van der Waals surface area (Å²) in [5.74, 6) is -0.811. The predicted octanol–water partition coefficient (Wildman–Crippen LogP) is 3.80. The molecule has 0 fully saturated rings. The van der Waals surface area contributed by atoms with E-state index >= 15 is 0 Å². The highest BCUT2D eigenvalue weighted by Crippen LogP contribution is 2.23. The van der Waals surface area contributed by atoms with Crippen molar-refractivity contribution in [1.82, 2.24) is 9.78 Å². The summed E-state index contributed by atoms with van der Waals surface area (Å²) in [5, 5.41) is 7.37. The van der Waals surface area contributed by atoms with Crippen LogP contribution in [0.5, 0.6) is 0 Å². The van der Waals surface area contributed by atoms with Crippen molar-refractivity contribution in [3.05, 3.63) is 46.0 Å². The van der Waals surface area contributed by atoms with E-state index in [1.54, 1.807) is 37.6 Å². The first kappa shape index (κ1) is 15.5. The van der Waals surface area contributed by atoms with Gasteiger partial charge in [-0.05, 0) is 45.4 Å². The van der Waals surface area contributed by atoms with E-state index in [4.69, 9.17) is 11.6 Å². The first-order chi connectivity index (χ1) is 9.81. The fraction of sp³-hybridized carbons (Fsp3) is 0.333. The van der Waals surface area contributed by atoms with E-state index in [0.717, 1.165) is 5.56 Å². The normalized spacial score (nSPS) is 12.3. The Bertz CT molecular complexity index is 696. The maximum Gasteiger partial charge on any atom is 0.249 e. The maximum absolute atomic E-state index is 13.7. The van der Waals surface area contributed by atoms with Gasteiger partial charge in [0.05, 0.1) is 22.1 Å². The smallest absolute Gasteiger partial charge is 0.249 e. The minimum Gasteiger partial charge on any atom is -0.322 e. The van der Waals surface area contributed by atoms with Gasteiger partial charge in [0.1, 0.15) is 11.9 Å². The van der Waals surface area contributed by atoms with Crippen LogP contribution in [0.3, 0.4) is 0 Å². The van der Waals surface area contributed by atoms with Crippen molar-refractivity contribution in [2.45, 2.75) is 33.7 Å². The molecule has 0 spiro atoms. The lowest BCUT2D eigenvalue weighted by Gasteiger charge is -2.15. The number of benzene rings is 1. The van der Waals surface area contributed by atoms with Crippen LogP contribution in [0.2, 0.25) is 5.02 Å². The molecule has 1 unspecified atom stereocenters. The minimum atomic E-state index is -0.587. The number of carbonyl (C=O) groups is 1. The number of nitrogens with zero attached hydrogens (tertiary/aromatic N) is 2. The number of anilines is 1. The van der Waals surface area contributed by atoms with Crippen LogP contribution in [0.1, 0.15) is 29.9 Å². The van der Waals surface area contributed by atoms with E-state index in [-0.39, 0.29) is 11.6 Å². The van der Waals surface area contributed by atoms with Gasteiger partial charge in [-0.15, -0.1) is 0 Å². The summed E-state index contributed by atoms with van der Waals surface area (Å²) >= 11 is 6.08. The van der Waals surface area contributed by atoms with E-state index < -0.39 is 11.9 Å². The SMILES string of the molecule is Cc1ccc(F)c(NC(=O)C(C)n2nc(C)c(Cl)c2C)c1. The molecule has 1 aromatic heterocycles. The zero-order valence-electron chi connectivity index (χ0n) is 12.4. The molecule has 1 heterocycles. The molecule has 0 saturated heterocycles. The number of aryl methyl sites for hydroxylation is 2. The molecule has 0 aliphatic rings. The number of nitrogens with one attached hydrogen (secondary N) is 1. The van der Waals surface area contributed by atoms with Gasteiger partial charge in [-0.1, -0.05) is 17.7 Å². The van der Waals surface area contributed by atoms with Crippen LogP contribution in [0.15, 0.2) is 18.2 Å². The first-order valence-corrected chi connectivity index (χ1v) is 6.97. The van der Waals surface area contributed by atoms with Crippen LogP contribution < -0.4 is 5.32 Å². The molecule has 0 saturated carbocycles. The van der Waals surface area contributed by atoms with Crippen molar-refractivity contribution in [1.29, 1.82) is 0 Å². The third-order valence-electron chi connectivity index (χ3n) is 3.36. The lowest BCUT2D eigenvalue weighted by Crippen LogP contribution is -2.25. The third-order valence-corrected chi connectivity index (χ3v) is 3.91. The number of aromatic nitrogens is 2. The number of hydrogen-bond acceptors (Lipinski definition) is 2. The van der Waals surface area contributed by atoms with E-state index in [0.29, 0.717) is 16.4 Å². The van der Waals surface area contributed by atoms with Gasteiger partial charge in [-0.3, -0.25) is 9.48 Å². The summed E-state index contributed by atoms with van der Waals surface area (Å²) in [5.41, 5.74) is 2.41. The molecule has 0 aliphatic carbocycles. The molecule has 0 aliphatic heterocycles. The van der Waals surface area contributed by atoms with Gasteiger partial charge >= 0.3 is 0 Å². The fourth-order valence-corrected chi connectivity index (χ4v) is 2.23. The number of amides is 1. The van der Waals surface area contributed by atoms with Crippen molar-refractivity contribution >= 4 is 23.2 Å². The highest BCUT2D eigenvalue weighted by molar-refractivity contribution is 6.31. The van der Waals surface area contributed by atoms with Crippen LogP contribution in [-0.4, -0.2) is 15.7 Å². The van der Waals surface area contributed by atoms with Gasteiger partial charge in [0.15, 0.2) is 0 Å². The standard InChI is InChI=1S/C15H17ClFN3O/c1-8-5-6-12(17)13(7-8)18-15(21)11(4)20-10(3)14(16)9(2)19-20/h5-7,11H,1-4H3,(H,18,21). The Morgan fingerprint density at radius 1 is 1.38 bits per heavy atom. The van der Waals surface area contributed by atoms with Gasteiger partial charge in [0, 0.05) is 0 Å². The largest absolute Gasteiger partial charge is 0.322 e. The zero-order chi connectivity index (χ0) is 15.7. The van der Waals surface area contributed by atoms with Crippen molar-refractivity contribution in [2.75, 3.05) is 5.32 Å². The summed E-state index contributed by atoms with van der Waals surface area (Å²) in [6.45, 7) is 7.09. The minimum absolute atomic E-state index is 0.166. The quantitative estimate of drug-likeness (QED) is 0.937.